The molecule has 1 aliphatic carbocycles. The number of aromatic nitrogens is 2. The summed E-state index contributed by atoms with van der Waals surface area (Å²) in [7, 11) is 0. The van der Waals surface area contributed by atoms with Gasteiger partial charge >= 0.3 is 5.97 Å². The Bertz CT molecular complexity index is 663. The van der Waals surface area contributed by atoms with E-state index in [0.29, 0.717) is 11.7 Å². The Labute approximate surface area is 124 Å². The third-order valence-corrected chi connectivity index (χ3v) is 4.43. The van der Waals surface area contributed by atoms with Gasteiger partial charge in [-0.1, -0.05) is 34.9 Å². The quantitative estimate of drug-likeness (QED) is 0.930. The first-order valence-electron chi connectivity index (χ1n) is 6.23. The molecule has 1 heterocycles. The van der Waals surface area contributed by atoms with Crippen molar-refractivity contribution < 1.29 is 14.4 Å². The van der Waals surface area contributed by atoms with Crippen molar-refractivity contribution in [2.24, 2.45) is 11.3 Å². The van der Waals surface area contributed by atoms with Gasteiger partial charge in [0.1, 0.15) is 0 Å². The SMILES string of the molecule is CC1(C)C(C(=O)O)C1c1nc(-c2ccc(Br)cc2)no1. The van der Waals surface area contributed by atoms with E-state index >= 15 is 0 Å². The van der Waals surface area contributed by atoms with E-state index in [2.05, 4.69) is 26.1 Å². The molecule has 0 amide bonds. The van der Waals surface area contributed by atoms with Crippen LogP contribution in [0, 0.1) is 11.3 Å². The topological polar surface area (TPSA) is 76.2 Å². The molecule has 1 fully saturated rings. The zero-order valence-electron chi connectivity index (χ0n) is 11.0. The summed E-state index contributed by atoms with van der Waals surface area (Å²) >= 11 is 3.37. The molecule has 1 saturated carbocycles. The first kappa shape index (κ1) is 13.3. The minimum Gasteiger partial charge on any atom is -0.481 e. The minimum atomic E-state index is -0.816. The van der Waals surface area contributed by atoms with E-state index < -0.39 is 11.9 Å². The van der Waals surface area contributed by atoms with Gasteiger partial charge in [0.2, 0.25) is 11.7 Å². The average Bonchev–Trinajstić information content (AvgIpc) is 2.74. The Hall–Kier alpha value is -1.69. The van der Waals surface area contributed by atoms with Crippen LogP contribution in [0.3, 0.4) is 0 Å². The third kappa shape index (κ3) is 2.04. The smallest absolute Gasteiger partial charge is 0.307 e. The number of nitrogens with zero attached hydrogens (tertiary/aromatic N) is 2. The number of carbonyl (C=O) groups is 1. The van der Waals surface area contributed by atoms with Crippen molar-refractivity contribution in [3.8, 4) is 11.4 Å². The van der Waals surface area contributed by atoms with Crippen LogP contribution in [0.4, 0.5) is 0 Å². The maximum Gasteiger partial charge on any atom is 0.307 e. The second-order valence-electron chi connectivity index (χ2n) is 5.58. The van der Waals surface area contributed by atoms with E-state index in [1.807, 2.05) is 38.1 Å². The Morgan fingerprint density at radius 3 is 2.55 bits per heavy atom. The molecule has 5 nitrogen and oxygen atoms in total. The fourth-order valence-corrected chi connectivity index (χ4v) is 2.90. The number of hydrogen-bond donors (Lipinski definition) is 1. The molecule has 1 aromatic heterocycles. The van der Waals surface area contributed by atoms with Crippen LogP contribution in [0.15, 0.2) is 33.3 Å². The van der Waals surface area contributed by atoms with Gasteiger partial charge in [0.25, 0.3) is 0 Å². The predicted molar refractivity (Wildman–Crippen MR) is 75.1 cm³/mol. The van der Waals surface area contributed by atoms with Gasteiger partial charge in [-0.05, 0) is 29.7 Å². The van der Waals surface area contributed by atoms with Crippen LogP contribution in [0.1, 0.15) is 25.7 Å². The molecular weight excluding hydrogens is 324 g/mol. The summed E-state index contributed by atoms with van der Waals surface area (Å²) in [4.78, 5) is 15.5. The second kappa shape index (κ2) is 4.41. The van der Waals surface area contributed by atoms with Crippen LogP contribution in [0.2, 0.25) is 0 Å². The highest BCUT2D eigenvalue weighted by atomic mass is 79.9. The number of hydrogen-bond acceptors (Lipinski definition) is 4. The number of aliphatic carboxylic acids is 1. The van der Waals surface area contributed by atoms with Crippen LogP contribution in [-0.2, 0) is 4.79 Å². The summed E-state index contributed by atoms with van der Waals surface area (Å²) in [5.74, 6) is -0.597. The second-order valence-corrected chi connectivity index (χ2v) is 6.49. The molecule has 0 bridgehead atoms. The van der Waals surface area contributed by atoms with Crippen molar-refractivity contribution in [2.45, 2.75) is 19.8 Å². The van der Waals surface area contributed by atoms with E-state index in [4.69, 9.17) is 4.52 Å². The molecule has 0 spiro atoms. The van der Waals surface area contributed by atoms with E-state index in [1.54, 1.807) is 0 Å². The van der Waals surface area contributed by atoms with Gasteiger partial charge in [0, 0.05) is 10.0 Å². The largest absolute Gasteiger partial charge is 0.481 e. The maximum absolute atomic E-state index is 11.2. The molecule has 104 valence electrons. The van der Waals surface area contributed by atoms with Gasteiger partial charge in [-0.25, -0.2) is 0 Å². The molecule has 0 radical (unpaired) electrons. The van der Waals surface area contributed by atoms with Crippen LogP contribution in [0.25, 0.3) is 11.4 Å². The Kier molecular flexibility index (Phi) is 2.93. The molecule has 1 aliphatic rings. The van der Waals surface area contributed by atoms with Gasteiger partial charge < -0.3 is 9.63 Å². The standard InChI is InChI=1S/C14H13BrN2O3/c1-14(2)9(10(14)13(18)19)12-16-11(17-20-12)7-3-5-8(15)6-4-7/h3-6,9-10H,1-2H3,(H,18,19). The van der Waals surface area contributed by atoms with Crippen molar-refractivity contribution in [3.05, 3.63) is 34.6 Å². The molecule has 2 unspecified atom stereocenters. The minimum absolute atomic E-state index is 0.211. The summed E-state index contributed by atoms with van der Waals surface area (Å²) in [6, 6.07) is 7.55. The molecule has 0 aliphatic heterocycles. The lowest BCUT2D eigenvalue weighted by Crippen LogP contribution is -2.03. The molecule has 1 aromatic carbocycles. The highest BCUT2D eigenvalue weighted by Crippen LogP contribution is 2.64. The van der Waals surface area contributed by atoms with Crippen LogP contribution in [-0.4, -0.2) is 21.2 Å². The van der Waals surface area contributed by atoms with Crippen molar-refractivity contribution in [3.63, 3.8) is 0 Å². The van der Waals surface area contributed by atoms with Gasteiger partial charge in [-0.15, -0.1) is 0 Å². The normalized spacial score (nSPS) is 23.6. The summed E-state index contributed by atoms with van der Waals surface area (Å²) in [5.41, 5.74) is 0.503. The average molecular weight is 337 g/mol. The van der Waals surface area contributed by atoms with Gasteiger partial charge in [0.15, 0.2) is 0 Å². The van der Waals surface area contributed by atoms with Crippen molar-refractivity contribution >= 4 is 21.9 Å². The summed E-state index contributed by atoms with van der Waals surface area (Å²) in [6.45, 7) is 3.81. The number of carboxylic acid groups (broad SMARTS) is 1. The highest BCUT2D eigenvalue weighted by Gasteiger charge is 2.65. The lowest BCUT2D eigenvalue weighted by Gasteiger charge is -1.96. The maximum atomic E-state index is 11.2. The van der Waals surface area contributed by atoms with E-state index in [-0.39, 0.29) is 11.3 Å². The van der Waals surface area contributed by atoms with Crippen LogP contribution in [0.5, 0.6) is 0 Å². The van der Waals surface area contributed by atoms with Gasteiger partial charge in [-0.2, -0.15) is 4.98 Å². The van der Waals surface area contributed by atoms with E-state index in [1.165, 1.54) is 0 Å². The number of benzene rings is 1. The first-order valence-corrected chi connectivity index (χ1v) is 7.03. The molecule has 3 rings (SSSR count). The lowest BCUT2D eigenvalue weighted by molar-refractivity contribution is -0.139. The van der Waals surface area contributed by atoms with Crippen molar-refractivity contribution in [2.75, 3.05) is 0 Å². The highest BCUT2D eigenvalue weighted by molar-refractivity contribution is 9.10. The Balaban J connectivity index is 1.88. The molecule has 2 aromatic rings. The number of carboxylic acids is 1. The van der Waals surface area contributed by atoms with Crippen LogP contribution < -0.4 is 0 Å². The van der Waals surface area contributed by atoms with Crippen LogP contribution >= 0.6 is 15.9 Å². The summed E-state index contributed by atoms with van der Waals surface area (Å²) in [5, 5.41) is 13.1. The molecule has 1 N–H and O–H groups in total. The summed E-state index contributed by atoms with van der Waals surface area (Å²) in [6.07, 6.45) is 0. The molecule has 2 atom stereocenters. The van der Waals surface area contributed by atoms with E-state index in [9.17, 15) is 9.90 Å². The van der Waals surface area contributed by atoms with E-state index in [0.717, 1.165) is 10.0 Å². The zero-order chi connectivity index (χ0) is 14.5. The Morgan fingerprint density at radius 2 is 2.00 bits per heavy atom. The number of rotatable bonds is 3. The summed E-state index contributed by atoms with van der Waals surface area (Å²) < 4.78 is 6.22. The fourth-order valence-electron chi connectivity index (χ4n) is 2.64. The molecule has 0 saturated heterocycles. The molecule has 6 heteroatoms. The van der Waals surface area contributed by atoms with Gasteiger partial charge in [-0.3, -0.25) is 4.79 Å². The molecule has 20 heavy (non-hydrogen) atoms. The zero-order valence-corrected chi connectivity index (χ0v) is 12.6. The van der Waals surface area contributed by atoms with Crippen molar-refractivity contribution in [1.29, 1.82) is 0 Å². The third-order valence-electron chi connectivity index (χ3n) is 3.90. The predicted octanol–water partition coefficient (Wildman–Crippen LogP) is 3.32. The first-order chi connectivity index (χ1) is 9.41. The lowest BCUT2D eigenvalue weighted by atomic mass is 10.1. The van der Waals surface area contributed by atoms with Gasteiger partial charge in [0.05, 0.1) is 11.8 Å². The fraction of sp³-hybridized carbons (Fsp3) is 0.357. The van der Waals surface area contributed by atoms with Crippen molar-refractivity contribution in [1.82, 2.24) is 10.1 Å². The monoisotopic (exact) mass is 336 g/mol. The molecular formula is C14H13BrN2O3. The number of halogens is 1. The Morgan fingerprint density at radius 1 is 1.35 bits per heavy atom.